The van der Waals surface area contributed by atoms with Gasteiger partial charge in [0.2, 0.25) is 0 Å². The Kier molecular flexibility index (Phi) is 5.11. The summed E-state index contributed by atoms with van der Waals surface area (Å²) in [5.74, 6) is -0.204. The van der Waals surface area contributed by atoms with Crippen molar-refractivity contribution in [2.45, 2.75) is 32.8 Å². The highest BCUT2D eigenvalue weighted by Gasteiger charge is 2.15. The molecule has 21 heavy (non-hydrogen) atoms. The van der Waals surface area contributed by atoms with Crippen molar-refractivity contribution in [1.29, 1.82) is 0 Å². The third kappa shape index (κ3) is 3.92. The van der Waals surface area contributed by atoms with Crippen LogP contribution in [0.15, 0.2) is 36.5 Å². The van der Waals surface area contributed by atoms with Crippen LogP contribution in [0.25, 0.3) is 5.69 Å². The highest BCUT2D eigenvalue weighted by molar-refractivity contribution is 5.95. The van der Waals surface area contributed by atoms with E-state index in [4.69, 9.17) is 0 Å². The molecule has 2 rings (SSSR count). The van der Waals surface area contributed by atoms with E-state index in [0.29, 0.717) is 17.7 Å². The number of benzene rings is 1. The Bertz CT molecular complexity index is 593. The molecule has 1 unspecified atom stereocenters. The fourth-order valence-electron chi connectivity index (χ4n) is 2.14. The molecule has 1 atom stereocenters. The molecule has 0 aliphatic rings. The van der Waals surface area contributed by atoms with Gasteiger partial charge in [0.15, 0.2) is 0 Å². The quantitative estimate of drug-likeness (QED) is 0.854. The van der Waals surface area contributed by atoms with E-state index in [1.165, 1.54) is 0 Å². The number of nitrogens with zero attached hydrogens (tertiary/aromatic N) is 2. The number of aromatic nitrogens is 2. The summed E-state index contributed by atoms with van der Waals surface area (Å²) >= 11 is 0. The molecule has 1 heterocycles. The summed E-state index contributed by atoms with van der Waals surface area (Å²) in [5.41, 5.74) is 2.11. The SMILES string of the molecule is CCCC(O)CNC(=O)c1cn(-c2ccccc2)nc1C. The molecule has 1 aromatic heterocycles. The smallest absolute Gasteiger partial charge is 0.254 e. The van der Waals surface area contributed by atoms with Gasteiger partial charge in [-0.15, -0.1) is 0 Å². The van der Waals surface area contributed by atoms with E-state index < -0.39 is 6.10 Å². The van der Waals surface area contributed by atoms with E-state index in [-0.39, 0.29) is 12.5 Å². The fraction of sp³-hybridized carbons (Fsp3) is 0.375. The van der Waals surface area contributed by atoms with Crippen molar-refractivity contribution in [3.8, 4) is 5.69 Å². The van der Waals surface area contributed by atoms with Gasteiger partial charge in [-0.05, 0) is 25.5 Å². The Balaban J connectivity index is 2.07. The van der Waals surface area contributed by atoms with Gasteiger partial charge in [0.25, 0.3) is 5.91 Å². The van der Waals surface area contributed by atoms with E-state index in [1.54, 1.807) is 17.8 Å². The summed E-state index contributed by atoms with van der Waals surface area (Å²) in [6.45, 7) is 4.07. The largest absolute Gasteiger partial charge is 0.391 e. The van der Waals surface area contributed by atoms with Crippen molar-refractivity contribution in [3.05, 3.63) is 47.8 Å². The Hall–Kier alpha value is -2.14. The molecule has 2 aromatic rings. The Labute approximate surface area is 124 Å². The van der Waals surface area contributed by atoms with Crippen LogP contribution in [0.1, 0.15) is 35.8 Å². The summed E-state index contributed by atoms with van der Waals surface area (Å²) < 4.78 is 1.69. The van der Waals surface area contributed by atoms with Crippen LogP contribution in [0.5, 0.6) is 0 Å². The number of carbonyl (C=O) groups is 1. The summed E-state index contributed by atoms with van der Waals surface area (Å²) in [6.07, 6.45) is 2.79. The minimum Gasteiger partial charge on any atom is -0.391 e. The second-order valence-corrected chi connectivity index (χ2v) is 5.06. The molecular formula is C16H21N3O2. The summed E-state index contributed by atoms with van der Waals surface area (Å²) in [6, 6.07) is 9.64. The van der Waals surface area contributed by atoms with Gasteiger partial charge in [-0.3, -0.25) is 4.79 Å². The standard InChI is InChI=1S/C16H21N3O2/c1-3-7-14(20)10-17-16(21)15-11-19(18-12(15)2)13-8-5-4-6-9-13/h4-6,8-9,11,14,20H,3,7,10H2,1-2H3,(H,17,21). The lowest BCUT2D eigenvalue weighted by Crippen LogP contribution is -2.32. The highest BCUT2D eigenvalue weighted by atomic mass is 16.3. The molecular weight excluding hydrogens is 266 g/mol. The zero-order valence-electron chi connectivity index (χ0n) is 12.4. The van der Waals surface area contributed by atoms with Gasteiger partial charge in [0.05, 0.1) is 23.0 Å². The number of carbonyl (C=O) groups excluding carboxylic acids is 1. The number of amides is 1. The van der Waals surface area contributed by atoms with E-state index in [1.807, 2.05) is 37.3 Å². The monoisotopic (exact) mass is 287 g/mol. The maximum Gasteiger partial charge on any atom is 0.254 e. The second-order valence-electron chi connectivity index (χ2n) is 5.06. The summed E-state index contributed by atoms with van der Waals surface area (Å²) in [7, 11) is 0. The van der Waals surface area contributed by atoms with E-state index in [9.17, 15) is 9.90 Å². The predicted octanol–water partition coefficient (Wildman–Crippen LogP) is 2.07. The van der Waals surface area contributed by atoms with Crippen molar-refractivity contribution in [3.63, 3.8) is 0 Å². The van der Waals surface area contributed by atoms with Crippen LogP contribution in [-0.2, 0) is 0 Å². The molecule has 0 saturated carbocycles. The van der Waals surface area contributed by atoms with Crippen LogP contribution >= 0.6 is 0 Å². The number of aryl methyl sites for hydroxylation is 1. The van der Waals surface area contributed by atoms with Crippen molar-refractivity contribution >= 4 is 5.91 Å². The topological polar surface area (TPSA) is 67.2 Å². The van der Waals surface area contributed by atoms with Gasteiger partial charge >= 0.3 is 0 Å². The molecule has 5 heteroatoms. The molecule has 1 aromatic carbocycles. The number of nitrogens with one attached hydrogen (secondary N) is 1. The molecule has 5 nitrogen and oxygen atoms in total. The molecule has 112 valence electrons. The number of hydrogen-bond donors (Lipinski definition) is 2. The molecule has 0 saturated heterocycles. The predicted molar refractivity (Wildman–Crippen MR) is 81.5 cm³/mol. The van der Waals surface area contributed by atoms with Crippen LogP contribution in [0.3, 0.4) is 0 Å². The first-order chi connectivity index (χ1) is 10.1. The van der Waals surface area contributed by atoms with E-state index >= 15 is 0 Å². The molecule has 0 aliphatic carbocycles. The van der Waals surface area contributed by atoms with Crippen LogP contribution < -0.4 is 5.32 Å². The Morgan fingerprint density at radius 3 is 2.76 bits per heavy atom. The molecule has 0 fully saturated rings. The number of hydrogen-bond acceptors (Lipinski definition) is 3. The third-order valence-corrected chi connectivity index (χ3v) is 3.28. The van der Waals surface area contributed by atoms with Gasteiger partial charge < -0.3 is 10.4 Å². The molecule has 0 aliphatic heterocycles. The molecule has 0 radical (unpaired) electrons. The summed E-state index contributed by atoms with van der Waals surface area (Å²) in [5, 5.41) is 16.8. The summed E-state index contributed by atoms with van der Waals surface area (Å²) in [4.78, 5) is 12.1. The van der Waals surface area contributed by atoms with Gasteiger partial charge in [-0.1, -0.05) is 31.5 Å². The maximum atomic E-state index is 12.1. The fourth-order valence-corrected chi connectivity index (χ4v) is 2.14. The van der Waals surface area contributed by atoms with Crippen molar-refractivity contribution in [2.75, 3.05) is 6.54 Å². The number of aliphatic hydroxyl groups is 1. The van der Waals surface area contributed by atoms with Crippen LogP contribution in [-0.4, -0.2) is 33.4 Å². The van der Waals surface area contributed by atoms with Crippen LogP contribution in [0.4, 0.5) is 0 Å². The highest BCUT2D eigenvalue weighted by Crippen LogP contribution is 2.11. The number of rotatable bonds is 6. The normalized spacial score (nSPS) is 12.1. The van der Waals surface area contributed by atoms with Crippen LogP contribution in [0, 0.1) is 6.92 Å². The third-order valence-electron chi connectivity index (χ3n) is 3.28. The van der Waals surface area contributed by atoms with Gasteiger partial charge in [-0.2, -0.15) is 5.10 Å². The van der Waals surface area contributed by atoms with Crippen LogP contribution in [0.2, 0.25) is 0 Å². The van der Waals surface area contributed by atoms with Gasteiger partial charge in [-0.25, -0.2) is 4.68 Å². The zero-order chi connectivity index (χ0) is 15.2. The van der Waals surface area contributed by atoms with Crippen molar-refractivity contribution in [2.24, 2.45) is 0 Å². The molecule has 0 bridgehead atoms. The lowest BCUT2D eigenvalue weighted by atomic mass is 10.2. The molecule has 0 spiro atoms. The first kappa shape index (κ1) is 15.3. The van der Waals surface area contributed by atoms with Gasteiger partial charge in [0, 0.05) is 12.7 Å². The van der Waals surface area contributed by atoms with E-state index in [2.05, 4.69) is 10.4 Å². The average molecular weight is 287 g/mol. The zero-order valence-corrected chi connectivity index (χ0v) is 12.4. The Morgan fingerprint density at radius 2 is 2.10 bits per heavy atom. The average Bonchev–Trinajstić information content (AvgIpc) is 2.88. The maximum absolute atomic E-state index is 12.1. The lowest BCUT2D eigenvalue weighted by molar-refractivity contribution is 0.0909. The first-order valence-electron chi connectivity index (χ1n) is 7.19. The second kappa shape index (κ2) is 7.04. The molecule has 1 amide bonds. The lowest BCUT2D eigenvalue weighted by Gasteiger charge is -2.10. The van der Waals surface area contributed by atoms with E-state index in [0.717, 1.165) is 12.1 Å². The Morgan fingerprint density at radius 1 is 1.38 bits per heavy atom. The number of aliphatic hydroxyl groups excluding tert-OH is 1. The molecule has 2 N–H and O–H groups in total. The van der Waals surface area contributed by atoms with Gasteiger partial charge in [0.1, 0.15) is 0 Å². The number of para-hydroxylation sites is 1. The minimum atomic E-state index is -0.497. The minimum absolute atomic E-state index is 0.204. The van der Waals surface area contributed by atoms with Crippen molar-refractivity contribution in [1.82, 2.24) is 15.1 Å². The van der Waals surface area contributed by atoms with Crippen molar-refractivity contribution < 1.29 is 9.90 Å². The first-order valence-corrected chi connectivity index (χ1v) is 7.19.